The number of carbonyl (C=O) groups excluding carboxylic acids is 3. The third-order valence-electron chi connectivity index (χ3n) is 3.26. The molecule has 2 aromatic carbocycles. The Hall–Kier alpha value is -2.55. The molecule has 24 heavy (non-hydrogen) atoms. The number of benzene rings is 2. The summed E-state index contributed by atoms with van der Waals surface area (Å²) >= 11 is 3.90. The summed E-state index contributed by atoms with van der Waals surface area (Å²) in [6, 6.07) is 21.0. The molecule has 3 rings (SSSR count). The third-order valence-corrected chi connectivity index (χ3v) is 4.11. The van der Waals surface area contributed by atoms with Crippen molar-refractivity contribution >= 4 is 25.9 Å². The molecule has 0 aromatic heterocycles. The van der Waals surface area contributed by atoms with Crippen molar-refractivity contribution in [3.8, 4) is 0 Å². The molecular weight excluding hydrogens is 343 g/mol. The second-order valence-electron chi connectivity index (χ2n) is 4.38. The van der Waals surface area contributed by atoms with E-state index in [0.717, 1.165) is 0 Å². The number of hydrogen-bond acceptors (Lipinski definition) is 3. The SMILES string of the molecule is [C]=O.[C]=O.[C]=O.[Mn][C]1(c2ccccc2)C=CC=C1c1ccccc1. The van der Waals surface area contributed by atoms with Gasteiger partial charge in [0.25, 0.3) is 20.4 Å². The van der Waals surface area contributed by atoms with Crippen LogP contribution in [-0.4, -0.2) is 20.4 Å². The zero-order valence-corrected chi connectivity index (χ0v) is 13.8. The first kappa shape index (κ1) is 21.4. The summed E-state index contributed by atoms with van der Waals surface area (Å²) in [6.07, 6.45) is 6.49. The monoisotopic (exact) mass is 356 g/mol. The fraction of sp³-hybridized carbons (Fsp3) is 0.0500. The van der Waals surface area contributed by atoms with Crippen LogP contribution in [0, 0.1) is 0 Å². The van der Waals surface area contributed by atoms with Gasteiger partial charge in [0.1, 0.15) is 0 Å². The molecule has 118 valence electrons. The Morgan fingerprint density at radius 3 is 1.67 bits per heavy atom. The van der Waals surface area contributed by atoms with Gasteiger partial charge in [-0.2, -0.15) is 0 Å². The molecule has 0 fully saturated rings. The fourth-order valence-electron chi connectivity index (χ4n) is 2.34. The predicted octanol–water partition coefficient (Wildman–Crippen LogP) is 2.89. The van der Waals surface area contributed by atoms with Crippen LogP contribution in [0.25, 0.3) is 5.57 Å². The molecule has 0 N–H and O–H groups in total. The van der Waals surface area contributed by atoms with E-state index in [0.29, 0.717) is 0 Å². The number of rotatable bonds is 2. The van der Waals surface area contributed by atoms with Gasteiger partial charge in [0, 0.05) is 0 Å². The summed E-state index contributed by atoms with van der Waals surface area (Å²) in [4.78, 5) is 22.5. The molecule has 3 nitrogen and oxygen atoms in total. The van der Waals surface area contributed by atoms with Crippen LogP contribution in [0.5, 0.6) is 0 Å². The molecule has 1 unspecified atom stereocenters. The molecule has 1 aliphatic rings. The number of allylic oxidation sites excluding steroid dienone is 4. The van der Waals surface area contributed by atoms with Gasteiger partial charge in [-0.3, -0.25) is 14.4 Å². The molecular formula is C20H13MnO3. The zero-order valence-electron chi connectivity index (χ0n) is 12.6. The Bertz CT molecular complexity index is 648. The molecule has 0 saturated heterocycles. The second kappa shape index (κ2) is 11.9. The average molecular weight is 356 g/mol. The second-order valence-corrected chi connectivity index (χ2v) is 5.31. The van der Waals surface area contributed by atoms with Crippen LogP contribution >= 0.6 is 0 Å². The van der Waals surface area contributed by atoms with E-state index in [1.54, 1.807) is 0 Å². The van der Waals surface area contributed by atoms with Gasteiger partial charge in [-0.1, -0.05) is 0 Å². The summed E-state index contributed by atoms with van der Waals surface area (Å²) < 4.78 is -0.199. The van der Waals surface area contributed by atoms with Crippen LogP contribution in [0.2, 0.25) is 0 Å². The summed E-state index contributed by atoms with van der Waals surface area (Å²) in [5.41, 5.74) is 3.80. The summed E-state index contributed by atoms with van der Waals surface area (Å²) in [7, 11) is 0. The minimum absolute atomic E-state index is 0.199. The van der Waals surface area contributed by atoms with E-state index in [-0.39, 0.29) is 4.31 Å². The van der Waals surface area contributed by atoms with Crippen LogP contribution in [0.3, 0.4) is 0 Å². The van der Waals surface area contributed by atoms with Gasteiger partial charge < -0.3 is 0 Å². The summed E-state index contributed by atoms with van der Waals surface area (Å²) in [5, 5.41) is 0. The van der Waals surface area contributed by atoms with Crippen LogP contribution in [-0.2, 0) is 34.7 Å². The van der Waals surface area contributed by atoms with E-state index < -0.39 is 0 Å². The molecule has 0 amide bonds. The maximum absolute atomic E-state index is 7.50. The first-order valence-corrected chi connectivity index (χ1v) is 7.21. The number of hydrogen-bond donors (Lipinski definition) is 0. The van der Waals surface area contributed by atoms with Crippen LogP contribution < -0.4 is 0 Å². The molecule has 2 aromatic rings. The van der Waals surface area contributed by atoms with Crippen LogP contribution in [0.1, 0.15) is 11.1 Å². The van der Waals surface area contributed by atoms with Crippen molar-refractivity contribution in [3.05, 3.63) is 90.0 Å². The molecule has 4 heteroatoms. The molecule has 0 bridgehead atoms. The normalized spacial score (nSPS) is 17.0. The van der Waals surface area contributed by atoms with Gasteiger partial charge in [-0.25, -0.2) is 0 Å². The maximum atomic E-state index is 7.50. The molecule has 0 aliphatic heterocycles. The van der Waals surface area contributed by atoms with Crippen LogP contribution in [0.4, 0.5) is 0 Å². The van der Waals surface area contributed by atoms with Crippen molar-refractivity contribution in [1.29, 1.82) is 0 Å². The standard InChI is InChI=1S/C17H13.3CO.Mn/c1-3-8-14(9-4-1)16-12-7-13-17(16)15-10-5-2-6-11-15;3*1-2;/h1-13H;;;;. The minimum atomic E-state index is -0.199. The van der Waals surface area contributed by atoms with Crippen molar-refractivity contribution < 1.29 is 30.4 Å². The van der Waals surface area contributed by atoms with E-state index in [9.17, 15) is 0 Å². The Morgan fingerprint density at radius 1 is 0.708 bits per heavy atom. The van der Waals surface area contributed by atoms with Gasteiger partial charge >= 0.3 is 116 Å². The topological polar surface area (TPSA) is 51.2 Å². The van der Waals surface area contributed by atoms with E-state index in [4.69, 9.17) is 14.4 Å². The molecule has 6 radical (unpaired) electrons. The van der Waals surface area contributed by atoms with Crippen molar-refractivity contribution in [1.82, 2.24) is 0 Å². The fourth-order valence-corrected chi connectivity index (χ4v) is 2.92. The van der Waals surface area contributed by atoms with E-state index in [1.165, 1.54) is 16.7 Å². The van der Waals surface area contributed by atoms with Crippen LogP contribution in [0.15, 0.2) is 78.9 Å². The van der Waals surface area contributed by atoms with Crippen molar-refractivity contribution in [2.45, 2.75) is 4.31 Å². The molecule has 1 atom stereocenters. The first-order valence-electron chi connectivity index (χ1n) is 6.62. The molecule has 1 aliphatic carbocycles. The summed E-state index contributed by atoms with van der Waals surface area (Å²) in [5.74, 6) is 0. The zero-order chi connectivity index (χ0) is 18.4. The Kier molecular flexibility index (Phi) is 10.7. The molecule has 0 spiro atoms. The van der Waals surface area contributed by atoms with E-state index in [2.05, 4.69) is 103 Å². The van der Waals surface area contributed by atoms with E-state index >= 15 is 0 Å². The van der Waals surface area contributed by atoms with Gasteiger partial charge in [-0.15, -0.1) is 0 Å². The van der Waals surface area contributed by atoms with Crippen molar-refractivity contribution in [2.75, 3.05) is 0 Å². The van der Waals surface area contributed by atoms with Crippen molar-refractivity contribution in [2.24, 2.45) is 0 Å². The molecule has 0 saturated carbocycles. The molecule has 0 heterocycles. The average Bonchev–Trinajstić information content (AvgIpc) is 3.11. The Balaban J connectivity index is 0.000000798. The van der Waals surface area contributed by atoms with Gasteiger partial charge in [0.05, 0.1) is 0 Å². The first-order chi connectivity index (χ1) is 11.8. The van der Waals surface area contributed by atoms with Gasteiger partial charge in [-0.05, 0) is 0 Å². The predicted molar refractivity (Wildman–Crippen MR) is 88.8 cm³/mol. The quantitative estimate of drug-likeness (QED) is 0.778. The van der Waals surface area contributed by atoms with E-state index in [1.807, 2.05) is 12.1 Å². The third kappa shape index (κ3) is 4.98. The summed E-state index contributed by atoms with van der Waals surface area (Å²) in [6.45, 7) is 13.5. The van der Waals surface area contributed by atoms with Gasteiger partial charge in [0.2, 0.25) is 0 Å². The van der Waals surface area contributed by atoms with Crippen molar-refractivity contribution in [3.63, 3.8) is 0 Å². The van der Waals surface area contributed by atoms with Gasteiger partial charge in [0.15, 0.2) is 0 Å². The Labute approximate surface area is 150 Å². The Morgan fingerprint density at radius 2 is 1.17 bits per heavy atom.